The summed E-state index contributed by atoms with van der Waals surface area (Å²) in [7, 11) is 3.25. The van der Waals surface area contributed by atoms with Gasteiger partial charge in [-0.2, -0.15) is 10.5 Å². The Bertz CT molecular complexity index is 3580. The van der Waals surface area contributed by atoms with Gasteiger partial charge >= 0.3 is 0 Å². The molecule has 0 aromatic heterocycles. The predicted octanol–water partition coefficient (Wildman–Crippen LogP) is 6.93. The van der Waals surface area contributed by atoms with Crippen molar-refractivity contribution in [1.82, 2.24) is 21.3 Å². The van der Waals surface area contributed by atoms with Crippen molar-refractivity contribution in [2.75, 3.05) is 46.8 Å². The van der Waals surface area contributed by atoms with E-state index in [-0.39, 0.29) is 59.8 Å². The van der Waals surface area contributed by atoms with E-state index in [4.69, 9.17) is 0 Å². The molecular weight excluding hydrogens is 957 g/mol. The highest BCUT2D eigenvalue weighted by molar-refractivity contribution is 6.15. The average Bonchev–Trinajstić information content (AvgIpc) is 3.66. The summed E-state index contributed by atoms with van der Waals surface area (Å²) >= 11 is 0. The van der Waals surface area contributed by atoms with Crippen molar-refractivity contribution in [2.24, 2.45) is 0 Å². The fraction of sp³-hybridized carbons (Fsp3) is 0.233. The Morgan fingerprint density at radius 2 is 0.947 bits per heavy atom. The van der Waals surface area contributed by atoms with E-state index in [2.05, 4.69) is 33.4 Å². The van der Waals surface area contributed by atoms with E-state index in [0.29, 0.717) is 11.4 Å². The summed E-state index contributed by atoms with van der Waals surface area (Å²) in [4.78, 5) is 93.3. The Morgan fingerprint density at radius 1 is 0.539 bits per heavy atom. The molecule has 7 aromatic rings. The van der Waals surface area contributed by atoms with Gasteiger partial charge in [0.05, 0.1) is 84.3 Å². The maximum absolute atomic E-state index is 15.1. The standard InChI is InChI=1S/C60H56N10O6/c1-35-15-19-41-11-7-9-13-45(41)47(35)31-67-51-25-17-40(30-62)28-54(51)70(34-50(59(67)75)66-56(72)38(4)64-6)58(74)44-23-21-43(22-24-44)57(73)69-33-49(65-55(71)37(3)63-5)60(76)68(53-27-39(29-61)18-26-52(53)69)32-48-36(2)16-20-42-12-8-10-14-46(42)48/h7-28,37-38,49-50,63-64H,31-34H2,1-6H3,(H,65,71)(H,66,72)/t37-,38-,49-,50-/m0/s1. The monoisotopic (exact) mass is 1010 g/mol. The summed E-state index contributed by atoms with van der Waals surface area (Å²) in [6.45, 7) is 6.78. The molecule has 0 bridgehead atoms. The number of aryl methyl sites for hydroxylation is 2. The molecule has 4 N–H and O–H groups in total. The lowest BCUT2D eigenvalue weighted by atomic mass is 9.98. The number of nitriles is 2. The minimum absolute atomic E-state index is 0.0569. The number of amides is 6. The number of fused-ring (bicyclic) bond motifs is 4. The van der Waals surface area contributed by atoms with Crippen molar-refractivity contribution in [3.8, 4) is 12.1 Å². The second kappa shape index (κ2) is 21.7. The van der Waals surface area contributed by atoms with Crippen LogP contribution in [0.4, 0.5) is 22.7 Å². The zero-order valence-corrected chi connectivity index (χ0v) is 43.0. The van der Waals surface area contributed by atoms with Gasteiger partial charge in [0, 0.05) is 11.1 Å². The van der Waals surface area contributed by atoms with E-state index in [1.165, 1.54) is 39.0 Å². The smallest absolute Gasteiger partial charge is 0.258 e. The topological polar surface area (TPSA) is 211 Å². The molecule has 6 amide bonds. The molecule has 0 spiro atoms. The fourth-order valence-electron chi connectivity index (χ4n) is 9.88. The molecule has 2 aliphatic rings. The van der Waals surface area contributed by atoms with E-state index >= 15 is 14.4 Å². The Labute approximate surface area is 440 Å². The molecule has 0 aliphatic carbocycles. The van der Waals surface area contributed by atoms with Crippen LogP contribution >= 0.6 is 0 Å². The van der Waals surface area contributed by atoms with Crippen LogP contribution in [0.5, 0.6) is 0 Å². The number of carbonyl (C=O) groups is 6. The van der Waals surface area contributed by atoms with Crippen LogP contribution in [0.15, 0.2) is 133 Å². The number of nitrogens with zero attached hydrogens (tertiary/aromatic N) is 6. The average molecular weight is 1010 g/mol. The third-order valence-corrected chi connectivity index (χ3v) is 14.6. The molecule has 16 nitrogen and oxygen atoms in total. The van der Waals surface area contributed by atoms with Crippen molar-refractivity contribution in [2.45, 2.75) is 65.0 Å². The van der Waals surface area contributed by atoms with Crippen molar-refractivity contribution < 1.29 is 28.8 Å². The molecule has 16 heteroatoms. The lowest BCUT2D eigenvalue weighted by Crippen LogP contribution is -2.55. The molecule has 76 heavy (non-hydrogen) atoms. The summed E-state index contributed by atoms with van der Waals surface area (Å²) in [6.07, 6.45) is 0. The molecule has 9 rings (SSSR count). The number of anilines is 4. The van der Waals surface area contributed by atoms with Gasteiger partial charge in [-0.3, -0.25) is 28.8 Å². The van der Waals surface area contributed by atoms with Crippen molar-refractivity contribution >= 4 is 79.7 Å². The first-order valence-electron chi connectivity index (χ1n) is 25.0. The Balaban J connectivity index is 1.10. The van der Waals surface area contributed by atoms with Gasteiger partial charge in [0.2, 0.25) is 11.8 Å². The molecule has 2 heterocycles. The second-order valence-corrected chi connectivity index (χ2v) is 19.2. The Kier molecular flexibility index (Phi) is 14.8. The second-order valence-electron chi connectivity index (χ2n) is 19.2. The van der Waals surface area contributed by atoms with E-state index in [1.54, 1.807) is 69.2 Å². The first-order chi connectivity index (χ1) is 36.6. The van der Waals surface area contributed by atoms with Crippen LogP contribution in [0, 0.1) is 36.5 Å². The lowest BCUT2D eigenvalue weighted by Gasteiger charge is -2.27. The van der Waals surface area contributed by atoms with E-state index in [0.717, 1.165) is 43.8 Å². The summed E-state index contributed by atoms with van der Waals surface area (Å²) in [5.41, 5.74) is 5.51. The normalized spacial score (nSPS) is 16.2. The van der Waals surface area contributed by atoms with Crippen LogP contribution in [-0.4, -0.2) is 86.8 Å². The van der Waals surface area contributed by atoms with Crippen molar-refractivity contribution in [1.29, 1.82) is 10.5 Å². The molecule has 0 saturated heterocycles. The van der Waals surface area contributed by atoms with Gasteiger partial charge < -0.3 is 40.9 Å². The van der Waals surface area contributed by atoms with Gasteiger partial charge in [0.1, 0.15) is 12.1 Å². The van der Waals surface area contributed by atoms with Crippen molar-refractivity contribution in [3.63, 3.8) is 0 Å². The SMILES string of the molecule is CN[C@@H](C)C(=O)N[C@H]1CN(C(=O)c2ccc(C(=O)N3C[C@H](NC(=O)[C@H](C)NC)C(=O)N(Cc4c(C)ccc5ccccc45)c4cc(C#N)ccc43)cc2)c2cc(C#N)ccc2N(Cc2c(C)ccc3ccccc23)C1=O. The molecule has 2 aliphatic heterocycles. The first kappa shape index (κ1) is 51.7. The van der Waals surface area contributed by atoms with Crippen molar-refractivity contribution in [3.05, 3.63) is 178 Å². The van der Waals surface area contributed by atoms with Crippen LogP contribution in [0.1, 0.15) is 67.9 Å². The molecule has 0 unspecified atom stereocenters. The summed E-state index contributed by atoms with van der Waals surface area (Å²) in [5, 5.41) is 35.7. The van der Waals surface area contributed by atoms with Gasteiger partial charge in [-0.25, -0.2) is 0 Å². The van der Waals surface area contributed by atoms with E-state index in [9.17, 15) is 24.9 Å². The van der Waals surface area contributed by atoms with Gasteiger partial charge in [-0.1, -0.05) is 72.8 Å². The maximum Gasteiger partial charge on any atom is 0.258 e. The van der Waals surface area contributed by atoms with Gasteiger partial charge in [-0.15, -0.1) is 0 Å². The lowest BCUT2D eigenvalue weighted by molar-refractivity contribution is -0.128. The van der Waals surface area contributed by atoms with E-state index in [1.807, 2.05) is 86.6 Å². The third-order valence-electron chi connectivity index (χ3n) is 14.6. The fourth-order valence-corrected chi connectivity index (χ4v) is 9.88. The first-order valence-corrected chi connectivity index (χ1v) is 25.0. The van der Waals surface area contributed by atoms with Crippen LogP contribution in [-0.2, 0) is 32.3 Å². The number of nitrogens with one attached hydrogen (secondary N) is 4. The summed E-state index contributed by atoms with van der Waals surface area (Å²) in [6, 6.07) is 39.6. The predicted molar refractivity (Wildman–Crippen MR) is 293 cm³/mol. The zero-order valence-electron chi connectivity index (χ0n) is 43.0. The maximum atomic E-state index is 15.1. The molecule has 0 saturated carbocycles. The van der Waals surface area contributed by atoms with E-state index < -0.39 is 59.6 Å². The highest BCUT2D eigenvalue weighted by Gasteiger charge is 2.41. The van der Waals surface area contributed by atoms with Gasteiger partial charge in [-0.05, 0) is 146 Å². The quantitative estimate of drug-likeness (QED) is 0.0992. The zero-order chi connectivity index (χ0) is 53.9. The highest BCUT2D eigenvalue weighted by Crippen LogP contribution is 2.40. The Hall–Kier alpha value is -9.22. The molecule has 4 atom stereocenters. The van der Waals surface area contributed by atoms with Crippen LogP contribution in [0.3, 0.4) is 0 Å². The largest absolute Gasteiger partial charge is 0.341 e. The molecule has 7 aromatic carbocycles. The number of hydrogen-bond acceptors (Lipinski definition) is 10. The number of hydrogen-bond donors (Lipinski definition) is 4. The number of benzene rings is 7. The molecular formula is C60H56N10O6. The third kappa shape index (κ3) is 9.95. The minimum atomic E-state index is -1.24. The van der Waals surface area contributed by atoms with Crippen LogP contribution < -0.4 is 40.9 Å². The molecule has 382 valence electrons. The van der Waals surface area contributed by atoms with Crippen LogP contribution in [0.25, 0.3) is 21.5 Å². The number of carbonyl (C=O) groups excluding carboxylic acids is 6. The molecule has 0 radical (unpaired) electrons. The highest BCUT2D eigenvalue weighted by atomic mass is 16.2. The summed E-state index contributed by atoms with van der Waals surface area (Å²) < 4.78 is 0. The molecule has 0 fully saturated rings. The van der Waals surface area contributed by atoms with Gasteiger partial charge in [0.15, 0.2) is 0 Å². The summed E-state index contributed by atoms with van der Waals surface area (Å²) in [5.74, 6) is -3.04. The van der Waals surface area contributed by atoms with Gasteiger partial charge in [0.25, 0.3) is 23.6 Å². The minimum Gasteiger partial charge on any atom is -0.341 e. The number of likely N-dealkylation sites (N-methyl/N-ethyl adjacent to an activating group) is 2. The van der Waals surface area contributed by atoms with Crippen LogP contribution in [0.2, 0.25) is 0 Å². The Morgan fingerprint density at radius 3 is 1.39 bits per heavy atom. The number of rotatable bonds is 12.